The fourth-order valence-electron chi connectivity index (χ4n) is 2.56. The van der Waals surface area contributed by atoms with E-state index in [1.807, 2.05) is 6.07 Å². The summed E-state index contributed by atoms with van der Waals surface area (Å²) in [6, 6.07) is 12.3. The Balaban J connectivity index is 1.87. The number of aryl methyl sites for hydroxylation is 1. The van der Waals surface area contributed by atoms with Crippen LogP contribution in [0.1, 0.15) is 31.4 Å². The number of carboxylic acid groups (broad SMARTS) is 1. The summed E-state index contributed by atoms with van der Waals surface area (Å²) in [5.74, 6) is -0.537. The van der Waals surface area contributed by atoms with Crippen LogP contribution >= 0.6 is 23.2 Å². The lowest BCUT2D eigenvalue weighted by Crippen LogP contribution is -2.47. The Morgan fingerprint density at radius 2 is 1.75 bits per heavy atom. The quantitative estimate of drug-likeness (QED) is 0.621. The van der Waals surface area contributed by atoms with E-state index in [2.05, 4.69) is 5.32 Å². The van der Waals surface area contributed by atoms with Gasteiger partial charge in [0.05, 0.1) is 0 Å². The number of nitrogens with one attached hydrogen (secondary N) is 1. The molecule has 0 heterocycles. The van der Waals surface area contributed by atoms with E-state index < -0.39 is 11.6 Å². The number of carbonyl (C=O) groups is 2. The van der Waals surface area contributed by atoms with Crippen molar-refractivity contribution in [3.05, 3.63) is 63.6 Å². The highest BCUT2D eigenvalue weighted by molar-refractivity contribution is 6.35. The van der Waals surface area contributed by atoms with E-state index in [4.69, 9.17) is 33.0 Å². The molecule has 0 radical (unpaired) electrons. The topological polar surface area (TPSA) is 75.6 Å². The summed E-state index contributed by atoms with van der Waals surface area (Å²) in [6.07, 6.45) is 1.11. The van der Waals surface area contributed by atoms with Crippen LogP contribution in [0.4, 0.5) is 0 Å². The standard InChI is InChI=1S/C21H23Cl2NO4/c1-21(2,28-17-8-3-14(4-9-17)5-10-19(25)26)20(27)24-12-11-15-6-7-16(22)13-18(15)23/h3-4,6-9,13H,5,10-12H2,1-2H3,(H,24,27)(H,25,26). The Morgan fingerprint density at radius 1 is 1.07 bits per heavy atom. The molecule has 28 heavy (non-hydrogen) atoms. The molecule has 5 nitrogen and oxygen atoms in total. The fourth-order valence-corrected chi connectivity index (χ4v) is 3.07. The predicted molar refractivity (Wildman–Crippen MR) is 110 cm³/mol. The highest BCUT2D eigenvalue weighted by atomic mass is 35.5. The minimum Gasteiger partial charge on any atom is -0.481 e. The molecule has 0 aliphatic heterocycles. The van der Waals surface area contributed by atoms with Crippen molar-refractivity contribution in [3.63, 3.8) is 0 Å². The van der Waals surface area contributed by atoms with Gasteiger partial charge >= 0.3 is 5.97 Å². The molecule has 0 aromatic heterocycles. The Hall–Kier alpha value is -2.24. The van der Waals surface area contributed by atoms with Crippen LogP contribution in [0, 0.1) is 0 Å². The number of carbonyl (C=O) groups excluding carboxylic acids is 1. The van der Waals surface area contributed by atoms with Crippen LogP contribution in [0.5, 0.6) is 5.75 Å². The summed E-state index contributed by atoms with van der Waals surface area (Å²) in [4.78, 5) is 23.1. The van der Waals surface area contributed by atoms with E-state index in [1.54, 1.807) is 50.2 Å². The van der Waals surface area contributed by atoms with Crippen molar-refractivity contribution < 1.29 is 19.4 Å². The van der Waals surface area contributed by atoms with E-state index in [9.17, 15) is 9.59 Å². The molecule has 2 N–H and O–H groups in total. The maximum Gasteiger partial charge on any atom is 0.303 e. The minimum atomic E-state index is -1.06. The lowest BCUT2D eigenvalue weighted by atomic mass is 10.1. The van der Waals surface area contributed by atoms with E-state index in [0.29, 0.717) is 35.2 Å². The van der Waals surface area contributed by atoms with Crippen molar-refractivity contribution in [1.29, 1.82) is 0 Å². The van der Waals surface area contributed by atoms with Gasteiger partial charge in [0.15, 0.2) is 5.60 Å². The summed E-state index contributed by atoms with van der Waals surface area (Å²) in [5, 5.41) is 12.7. The molecule has 7 heteroatoms. The number of amides is 1. The van der Waals surface area contributed by atoms with Gasteiger partial charge in [-0.3, -0.25) is 9.59 Å². The largest absolute Gasteiger partial charge is 0.481 e. The molecule has 0 atom stereocenters. The molecule has 0 bridgehead atoms. The maximum atomic E-state index is 12.5. The first-order valence-electron chi connectivity index (χ1n) is 8.89. The van der Waals surface area contributed by atoms with Gasteiger partial charge in [0.1, 0.15) is 5.75 Å². The zero-order valence-electron chi connectivity index (χ0n) is 15.8. The molecule has 0 saturated carbocycles. The van der Waals surface area contributed by atoms with Gasteiger partial charge in [0.2, 0.25) is 0 Å². The van der Waals surface area contributed by atoms with Crippen LogP contribution in [-0.4, -0.2) is 29.1 Å². The molecule has 0 aliphatic rings. The molecule has 2 aromatic carbocycles. The monoisotopic (exact) mass is 423 g/mol. The van der Waals surface area contributed by atoms with Gasteiger partial charge in [-0.15, -0.1) is 0 Å². The second kappa shape index (κ2) is 9.80. The average Bonchev–Trinajstić information content (AvgIpc) is 2.62. The van der Waals surface area contributed by atoms with Gasteiger partial charge in [-0.25, -0.2) is 0 Å². The maximum absolute atomic E-state index is 12.5. The normalized spacial score (nSPS) is 11.1. The van der Waals surface area contributed by atoms with Gasteiger partial charge in [0, 0.05) is 23.0 Å². The minimum absolute atomic E-state index is 0.0751. The molecule has 0 unspecified atom stereocenters. The molecule has 0 saturated heterocycles. The number of carboxylic acids is 1. The van der Waals surface area contributed by atoms with Gasteiger partial charge in [-0.1, -0.05) is 41.4 Å². The lowest BCUT2D eigenvalue weighted by molar-refractivity contribution is -0.137. The zero-order valence-corrected chi connectivity index (χ0v) is 17.3. The third kappa shape index (κ3) is 6.73. The number of benzene rings is 2. The van der Waals surface area contributed by atoms with Crippen LogP contribution in [-0.2, 0) is 22.4 Å². The fraction of sp³-hybridized carbons (Fsp3) is 0.333. The third-order valence-corrected chi connectivity index (χ3v) is 4.75. The van der Waals surface area contributed by atoms with Gasteiger partial charge < -0.3 is 15.2 Å². The molecule has 1 amide bonds. The van der Waals surface area contributed by atoms with Crippen LogP contribution in [0.15, 0.2) is 42.5 Å². The summed E-state index contributed by atoms with van der Waals surface area (Å²) >= 11 is 12.0. The van der Waals surface area contributed by atoms with Crippen molar-refractivity contribution in [2.75, 3.05) is 6.54 Å². The molecule has 2 rings (SSSR count). The van der Waals surface area contributed by atoms with Crippen LogP contribution in [0.2, 0.25) is 10.0 Å². The van der Waals surface area contributed by atoms with Crippen molar-refractivity contribution in [2.45, 2.75) is 38.7 Å². The summed E-state index contributed by atoms with van der Waals surface area (Å²) in [6.45, 7) is 3.80. The first-order valence-corrected chi connectivity index (χ1v) is 9.65. The lowest BCUT2D eigenvalue weighted by Gasteiger charge is -2.25. The van der Waals surface area contributed by atoms with Crippen molar-refractivity contribution in [2.24, 2.45) is 0 Å². The number of hydrogen-bond acceptors (Lipinski definition) is 3. The second-order valence-corrected chi connectivity index (χ2v) is 7.74. The first-order chi connectivity index (χ1) is 13.2. The molecule has 0 fully saturated rings. The van der Waals surface area contributed by atoms with Crippen molar-refractivity contribution in [1.82, 2.24) is 5.32 Å². The molecule has 0 aliphatic carbocycles. The number of hydrogen-bond donors (Lipinski definition) is 2. The first kappa shape index (κ1) is 22.1. The Bertz CT molecular complexity index is 835. The Morgan fingerprint density at radius 3 is 2.36 bits per heavy atom. The number of ether oxygens (including phenoxy) is 1. The van der Waals surface area contributed by atoms with Crippen LogP contribution in [0.25, 0.3) is 0 Å². The molecular weight excluding hydrogens is 401 g/mol. The van der Waals surface area contributed by atoms with Gasteiger partial charge in [-0.2, -0.15) is 0 Å². The SMILES string of the molecule is CC(C)(Oc1ccc(CCC(=O)O)cc1)C(=O)NCCc1ccc(Cl)cc1Cl. The Kier molecular flexibility index (Phi) is 7.72. The number of rotatable bonds is 9. The summed E-state index contributed by atoms with van der Waals surface area (Å²) < 4.78 is 5.81. The van der Waals surface area contributed by atoms with Crippen LogP contribution < -0.4 is 10.1 Å². The van der Waals surface area contributed by atoms with Crippen molar-refractivity contribution in [3.8, 4) is 5.75 Å². The third-order valence-electron chi connectivity index (χ3n) is 4.17. The molecule has 150 valence electrons. The van der Waals surface area contributed by atoms with E-state index in [1.165, 1.54) is 0 Å². The molecule has 0 spiro atoms. The summed E-state index contributed by atoms with van der Waals surface area (Å²) in [7, 11) is 0. The second-order valence-electron chi connectivity index (χ2n) is 6.89. The highest BCUT2D eigenvalue weighted by Gasteiger charge is 2.29. The van der Waals surface area contributed by atoms with Gasteiger partial charge in [0.25, 0.3) is 5.91 Å². The summed E-state index contributed by atoms with van der Waals surface area (Å²) in [5.41, 5.74) is 0.741. The molecular formula is C21H23Cl2NO4. The zero-order chi connectivity index (χ0) is 20.7. The predicted octanol–water partition coefficient (Wildman–Crippen LogP) is 4.53. The number of halogens is 2. The number of aliphatic carboxylic acids is 1. The van der Waals surface area contributed by atoms with Crippen LogP contribution in [0.3, 0.4) is 0 Å². The van der Waals surface area contributed by atoms with Gasteiger partial charge in [-0.05, 0) is 62.1 Å². The highest BCUT2D eigenvalue weighted by Crippen LogP contribution is 2.22. The van der Waals surface area contributed by atoms with E-state index in [-0.39, 0.29) is 12.3 Å². The van der Waals surface area contributed by atoms with E-state index >= 15 is 0 Å². The van der Waals surface area contributed by atoms with Crippen molar-refractivity contribution >= 4 is 35.1 Å². The Labute approximate surface area is 174 Å². The smallest absolute Gasteiger partial charge is 0.303 e. The van der Waals surface area contributed by atoms with E-state index in [0.717, 1.165) is 11.1 Å². The average molecular weight is 424 g/mol. The molecule has 2 aromatic rings.